The smallest absolute Gasteiger partial charge is 0.0735 e. The van der Waals surface area contributed by atoms with Crippen LogP contribution >= 0.6 is 0 Å². The fraction of sp³-hybridized carbons (Fsp3) is 0.600. The van der Waals surface area contributed by atoms with Crippen LogP contribution in [0.4, 0.5) is 5.69 Å². The quantitative estimate of drug-likeness (QED) is 0.857. The minimum Gasteiger partial charge on any atom is -0.391 e. The van der Waals surface area contributed by atoms with E-state index < -0.39 is 0 Å². The Labute approximate surface area is 115 Å². The van der Waals surface area contributed by atoms with E-state index in [9.17, 15) is 5.11 Å². The molecule has 2 rings (SSSR count). The molecule has 3 N–H and O–H groups in total. The Morgan fingerprint density at radius 2 is 2.00 bits per heavy atom. The maximum atomic E-state index is 9.91. The molecule has 1 fully saturated rings. The molecular weight excluding hydrogens is 238 g/mol. The van der Waals surface area contributed by atoms with Gasteiger partial charge in [0.2, 0.25) is 0 Å². The Balaban J connectivity index is 2.14. The minimum atomic E-state index is -0.224. The fourth-order valence-electron chi connectivity index (χ4n) is 2.77. The highest BCUT2D eigenvalue weighted by Gasteiger charge is 2.31. The maximum absolute atomic E-state index is 9.91. The highest BCUT2D eigenvalue weighted by molar-refractivity contribution is 5.50. The van der Waals surface area contributed by atoms with Crippen LogP contribution in [-0.4, -0.2) is 49.3 Å². The van der Waals surface area contributed by atoms with Gasteiger partial charge in [-0.15, -0.1) is 0 Å². The number of anilines is 1. The van der Waals surface area contributed by atoms with Crippen molar-refractivity contribution in [3.05, 3.63) is 29.8 Å². The fourth-order valence-corrected chi connectivity index (χ4v) is 2.77. The second-order valence-electron chi connectivity index (χ2n) is 5.84. The Morgan fingerprint density at radius 1 is 1.37 bits per heavy atom. The molecule has 4 heteroatoms. The number of aliphatic hydroxyl groups excluding tert-OH is 1. The van der Waals surface area contributed by atoms with Crippen LogP contribution < -0.4 is 10.6 Å². The Morgan fingerprint density at radius 3 is 2.53 bits per heavy atom. The van der Waals surface area contributed by atoms with Crippen LogP contribution in [0, 0.1) is 0 Å². The number of likely N-dealkylation sites (N-methyl/N-ethyl adjacent to an activating group) is 1. The Kier molecular flexibility index (Phi) is 4.45. The molecule has 0 aromatic heterocycles. The Bertz CT molecular complexity index is 402. The van der Waals surface area contributed by atoms with E-state index in [4.69, 9.17) is 5.73 Å². The molecule has 3 atom stereocenters. The van der Waals surface area contributed by atoms with Crippen molar-refractivity contribution in [2.75, 3.05) is 32.1 Å². The first-order valence-electron chi connectivity index (χ1n) is 6.92. The molecule has 4 nitrogen and oxygen atoms in total. The number of hydrogen-bond donors (Lipinski definition) is 2. The van der Waals surface area contributed by atoms with E-state index in [-0.39, 0.29) is 12.1 Å². The zero-order valence-corrected chi connectivity index (χ0v) is 12.1. The molecule has 1 aromatic rings. The summed E-state index contributed by atoms with van der Waals surface area (Å²) in [6.45, 7) is 3.67. The molecule has 3 unspecified atom stereocenters. The number of β-amino-alcohol motifs (C(OH)–C–C–N with tert-alkyl or cyclic N) is 1. The number of rotatable bonds is 4. The third-order valence-electron chi connectivity index (χ3n) is 3.72. The van der Waals surface area contributed by atoms with E-state index in [1.807, 2.05) is 6.92 Å². The van der Waals surface area contributed by atoms with Crippen molar-refractivity contribution in [3.63, 3.8) is 0 Å². The molecule has 1 aliphatic heterocycles. The van der Waals surface area contributed by atoms with Gasteiger partial charge in [0.1, 0.15) is 0 Å². The van der Waals surface area contributed by atoms with Crippen LogP contribution in [0.1, 0.15) is 24.9 Å². The van der Waals surface area contributed by atoms with Crippen LogP contribution in [0.5, 0.6) is 0 Å². The highest BCUT2D eigenvalue weighted by Crippen LogP contribution is 2.27. The summed E-state index contributed by atoms with van der Waals surface area (Å²) in [4.78, 5) is 4.47. The average Bonchev–Trinajstić information content (AvgIpc) is 2.69. The molecule has 0 saturated carbocycles. The maximum Gasteiger partial charge on any atom is 0.0735 e. The molecule has 0 aliphatic carbocycles. The first-order valence-corrected chi connectivity index (χ1v) is 6.92. The van der Waals surface area contributed by atoms with E-state index in [1.165, 1.54) is 5.69 Å². The topological polar surface area (TPSA) is 52.7 Å². The second kappa shape index (κ2) is 5.90. The lowest BCUT2D eigenvalue weighted by Crippen LogP contribution is -2.37. The van der Waals surface area contributed by atoms with Gasteiger partial charge >= 0.3 is 0 Å². The van der Waals surface area contributed by atoms with Gasteiger partial charge in [-0.2, -0.15) is 0 Å². The first kappa shape index (κ1) is 14.3. The van der Waals surface area contributed by atoms with Crippen molar-refractivity contribution in [2.45, 2.75) is 31.5 Å². The summed E-state index contributed by atoms with van der Waals surface area (Å²) in [5.74, 6) is 0. The van der Waals surface area contributed by atoms with E-state index in [0.717, 1.165) is 25.1 Å². The van der Waals surface area contributed by atoms with Crippen LogP contribution in [0.25, 0.3) is 0 Å². The van der Waals surface area contributed by atoms with Crippen molar-refractivity contribution < 1.29 is 5.11 Å². The van der Waals surface area contributed by atoms with E-state index in [1.54, 1.807) is 0 Å². The monoisotopic (exact) mass is 263 g/mol. The van der Waals surface area contributed by atoms with Crippen molar-refractivity contribution in [1.29, 1.82) is 0 Å². The largest absolute Gasteiger partial charge is 0.391 e. The minimum absolute atomic E-state index is 0.0655. The van der Waals surface area contributed by atoms with Gasteiger partial charge in [-0.25, -0.2) is 0 Å². The predicted molar refractivity (Wildman–Crippen MR) is 79.4 cm³/mol. The molecule has 0 amide bonds. The molecule has 0 radical (unpaired) electrons. The molecule has 1 aliphatic rings. The van der Waals surface area contributed by atoms with Gasteiger partial charge in [-0.3, -0.25) is 0 Å². The van der Waals surface area contributed by atoms with Crippen LogP contribution in [0.3, 0.4) is 0 Å². The van der Waals surface area contributed by atoms with Crippen LogP contribution in [-0.2, 0) is 0 Å². The van der Waals surface area contributed by atoms with E-state index in [0.29, 0.717) is 6.04 Å². The van der Waals surface area contributed by atoms with Gasteiger partial charge in [0.25, 0.3) is 0 Å². The van der Waals surface area contributed by atoms with Gasteiger partial charge in [0.05, 0.1) is 6.10 Å². The van der Waals surface area contributed by atoms with Gasteiger partial charge in [-0.05, 0) is 45.1 Å². The number of benzene rings is 1. The van der Waals surface area contributed by atoms with Gasteiger partial charge < -0.3 is 20.6 Å². The lowest BCUT2D eigenvalue weighted by molar-refractivity contribution is 0.191. The molecule has 0 bridgehead atoms. The van der Waals surface area contributed by atoms with E-state index in [2.05, 4.69) is 48.2 Å². The zero-order chi connectivity index (χ0) is 14.0. The molecule has 1 saturated heterocycles. The van der Waals surface area contributed by atoms with Crippen molar-refractivity contribution in [1.82, 2.24) is 4.90 Å². The van der Waals surface area contributed by atoms with Crippen molar-refractivity contribution >= 4 is 5.69 Å². The normalized spacial score (nSPS) is 25.1. The third-order valence-corrected chi connectivity index (χ3v) is 3.72. The SMILES string of the molecule is CC(N)c1ccc(N2CC(O)CC2CN(C)C)cc1. The lowest BCUT2D eigenvalue weighted by Gasteiger charge is -2.29. The summed E-state index contributed by atoms with van der Waals surface area (Å²) in [6, 6.07) is 8.83. The van der Waals surface area contributed by atoms with Crippen molar-refractivity contribution in [2.24, 2.45) is 5.73 Å². The van der Waals surface area contributed by atoms with Crippen LogP contribution in [0.15, 0.2) is 24.3 Å². The molecule has 1 heterocycles. The number of nitrogens with two attached hydrogens (primary N) is 1. The van der Waals surface area contributed by atoms with Crippen LogP contribution in [0.2, 0.25) is 0 Å². The predicted octanol–water partition coefficient (Wildman–Crippen LogP) is 1.21. The van der Waals surface area contributed by atoms with Gasteiger partial charge in [0.15, 0.2) is 0 Å². The first-order chi connectivity index (χ1) is 8.97. The highest BCUT2D eigenvalue weighted by atomic mass is 16.3. The summed E-state index contributed by atoms with van der Waals surface area (Å²) >= 11 is 0. The number of aliphatic hydroxyl groups is 1. The summed E-state index contributed by atoms with van der Waals surface area (Å²) in [6.07, 6.45) is 0.616. The molecule has 1 aromatic carbocycles. The van der Waals surface area contributed by atoms with Crippen molar-refractivity contribution in [3.8, 4) is 0 Å². The molecule has 0 spiro atoms. The second-order valence-corrected chi connectivity index (χ2v) is 5.84. The molecular formula is C15H25N3O. The number of hydrogen-bond acceptors (Lipinski definition) is 4. The zero-order valence-electron chi connectivity index (χ0n) is 12.1. The van der Waals surface area contributed by atoms with Gasteiger partial charge in [-0.1, -0.05) is 12.1 Å². The summed E-state index contributed by atoms with van der Waals surface area (Å²) in [5.41, 5.74) is 8.19. The number of nitrogens with zero attached hydrogens (tertiary/aromatic N) is 2. The molecule has 106 valence electrons. The molecule has 19 heavy (non-hydrogen) atoms. The van der Waals surface area contributed by atoms with Gasteiger partial charge in [0, 0.05) is 30.9 Å². The summed E-state index contributed by atoms with van der Waals surface area (Å²) < 4.78 is 0. The summed E-state index contributed by atoms with van der Waals surface area (Å²) in [5, 5.41) is 9.91. The standard InChI is InChI=1S/C15H25N3O/c1-11(16)12-4-6-13(7-5-12)18-10-15(19)8-14(18)9-17(2)3/h4-7,11,14-15,19H,8-10,16H2,1-3H3. The van der Waals surface area contributed by atoms with E-state index >= 15 is 0 Å². The lowest BCUT2D eigenvalue weighted by atomic mass is 10.1. The summed E-state index contributed by atoms with van der Waals surface area (Å²) in [7, 11) is 4.14. The third kappa shape index (κ3) is 3.47. The average molecular weight is 263 g/mol. The Hall–Kier alpha value is -1.10.